The summed E-state index contributed by atoms with van der Waals surface area (Å²) in [6.45, 7) is 4.89. The maximum Gasteiger partial charge on any atom is 0.230 e. The number of halogens is 2. The van der Waals surface area contributed by atoms with Crippen molar-refractivity contribution in [3.8, 4) is 0 Å². The molecule has 3 atom stereocenters. The number of amides is 2. The van der Waals surface area contributed by atoms with Gasteiger partial charge in [0.1, 0.15) is 5.82 Å². The van der Waals surface area contributed by atoms with Crippen LogP contribution >= 0.6 is 24.8 Å². The van der Waals surface area contributed by atoms with Crippen LogP contribution in [0.5, 0.6) is 0 Å². The van der Waals surface area contributed by atoms with Crippen molar-refractivity contribution < 1.29 is 9.59 Å². The predicted octanol–water partition coefficient (Wildman–Crippen LogP) is 3.75. The Balaban J connectivity index is 0.00000225. The number of carbonyl (C=O) groups excluding carboxylic acids is 2. The summed E-state index contributed by atoms with van der Waals surface area (Å²) in [5, 5.41) is 2.86. The van der Waals surface area contributed by atoms with Gasteiger partial charge in [0, 0.05) is 25.3 Å². The van der Waals surface area contributed by atoms with Crippen LogP contribution in [-0.4, -0.2) is 34.8 Å². The Labute approximate surface area is 190 Å². The van der Waals surface area contributed by atoms with E-state index in [2.05, 4.69) is 10.3 Å². The lowest BCUT2D eigenvalue weighted by atomic mass is 9.91. The highest BCUT2D eigenvalue weighted by atomic mass is 35.5. The largest absolute Gasteiger partial charge is 0.342 e. The average molecular weight is 453 g/mol. The maximum atomic E-state index is 13.0. The highest BCUT2D eigenvalue weighted by molar-refractivity contribution is 5.92. The van der Waals surface area contributed by atoms with Gasteiger partial charge < -0.3 is 16.0 Å². The third kappa shape index (κ3) is 6.42. The van der Waals surface area contributed by atoms with Crippen molar-refractivity contribution in [2.45, 2.75) is 32.7 Å². The van der Waals surface area contributed by atoms with E-state index in [0.717, 1.165) is 24.0 Å². The molecule has 2 aromatic rings. The first kappa shape index (κ1) is 25.9. The molecule has 1 saturated heterocycles. The fourth-order valence-electron chi connectivity index (χ4n) is 3.57. The summed E-state index contributed by atoms with van der Waals surface area (Å²) in [6.07, 6.45) is 3.29. The van der Waals surface area contributed by atoms with Crippen molar-refractivity contribution in [1.82, 2.24) is 9.88 Å². The molecular formula is C22H30Cl2N4O2. The third-order valence-electron chi connectivity index (χ3n) is 5.38. The quantitative estimate of drug-likeness (QED) is 0.722. The number of aromatic nitrogens is 1. The summed E-state index contributed by atoms with van der Waals surface area (Å²) < 4.78 is 0. The Hall–Kier alpha value is -2.15. The topological polar surface area (TPSA) is 88.3 Å². The summed E-state index contributed by atoms with van der Waals surface area (Å²) in [5.74, 6) is -0.126. The van der Waals surface area contributed by atoms with E-state index < -0.39 is 0 Å². The first-order valence-electron chi connectivity index (χ1n) is 9.78. The number of hydrogen-bond acceptors (Lipinski definition) is 4. The zero-order valence-corrected chi connectivity index (χ0v) is 18.9. The molecule has 2 heterocycles. The molecule has 8 heteroatoms. The van der Waals surface area contributed by atoms with E-state index in [1.807, 2.05) is 50.2 Å². The number of hydrogen-bond donors (Lipinski definition) is 2. The van der Waals surface area contributed by atoms with Gasteiger partial charge in [0.25, 0.3) is 0 Å². The molecule has 0 bridgehead atoms. The number of rotatable bonds is 5. The van der Waals surface area contributed by atoms with Gasteiger partial charge in [-0.1, -0.05) is 43.3 Å². The lowest BCUT2D eigenvalue weighted by Crippen LogP contribution is -2.47. The van der Waals surface area contributed by atoms with Gasteiger partial charge in [-0.05, 0) is 37.0 Å². The molecule has 164 valence electrons. The lowest BCUT2D eigenvalue weighted by Gasteiger charge is -2.35. The van der Waals surface area contributed by atoms with Crippen molar-refractivity contribution in [1.29, 1.82) is 0 Å². The summed E-state index contributed by atoms with van der Waals surface area (Å²) in [7, 11) is 0. The van der Waals surface area contributed by atoms with Gasteiger partial charge in [0.2, 0.25) is 11.8 Å². The van der Waals surface area contributed by atoms with Crippen LogP contribution in [0.2, 0.25) is 0 Å². The van der Waals surface area contributed by atoms with Gasteiger partial charge in [0.15, 0.2) is 0 Å². The zero-order chi connectivity index (χ0) is 20.1. The normalized spacial score (nSPS) is 17.7. The van der Waals surface area contributed by atoms with E-state index in [1.54, 1.807) is 17.2 Å². The molecule has 0 saturated carbocycles. The summed E-state index contributed by atoms with van der Waals surface area (Å²) in [5.41, 5.74) is 8.30. The molecule has 3 unspecified atom stereocenters. The van der Waals surface area contributed by atoms with Crippen molar-refractivity contribution in [3.63, 3.8) is 0 Å². The molecule has 1 aromatic heterocycles. The second-order valence-electron chi connectivity index (χ2n) is 7.56. The van der Waals surface area contributed by atoms with Crippen LogP contribution in [-0.2, 0) is 9.59 Å². The molecule has 3 N–H and O–H groups in total. The number of anilines is 1. The van der Waals surface area contributed by atoms with Crippen LogP contribution in [0.15, 0.2) is 48.7 Å². The summed E-state index contributed by atoms with van der Waals surface area (Å²) >= 11 is 0. The van der Waals surface area contributed by atoms with Crippen LogP contribution in [0, 0.1) is 18.8 Å². The number of nitrogens with one attached hydrogen (secondary N) is 1. The number of nitrogens with two attached hydrogens (primary N) is 1. The van der Waals surface area contributed by atoms with Crippen molar-refractivity contribution >= 4 is 42.4 Å². The first-order valence-corrected chi connectivity index (χ1v) is 9.78. The highest BCUT2D eigenvalue weighted by Gasteiger charge is 2.32. The molecule has 0 spiro atoms. The Bertz CT molecular complexity index is 818. The molecule has 1 fully saturated rings. The Morgan fingerprint density at radius 1 is 1.17 bits per heavy atom. The van der Waals surface area contributed by atoms with Crippen molar-refractivity contribution in [2.24, 2.45) is 17.6 Å². The molecule has 3 rings (SSSR count). The zero-order valence-electron chi connectivity index (χ0n) is 17.3. The van der Waals surface area contributed by atoms with E-state index in [0.29, 0.717) is 18.9 Å². The molecule has 30 heavy (non-hydrogen) atoms. The van der Waals surface area contributed by atoms with Crippen molar-refractivity contribution in [3.05, 3.63) is 59.8 Å². The predicted molar refractivity (Wildman–Crippen MR) is 124 cm³/mol. The molecule has 0 aliphatic carbocycles. The first-order chi connectivity index (χ1) is 13.5. The highest BCUT2D eigenvalue weighted by Crippen LogP contribution is 2.25. The number of carbonyl (C=O) groups is 2. The Kier molecular flexibility index (Phi) is 10.3. The van der Waals surface area contributed by atoms with Gasteiger partial charge in [-0.15, -0.1) is 24.8 Å². The molecule has 1 aliphatic heterocycles. The van der Waals surface area contributed by atoms with Crippen LogP contribution < -0.4 is 11.1 Å². The number of likely N-dealkylation sites (tertiary alicyclic amines) is 1. The molecule has 1 aliphatic rings. The molecule has 2 amide bonds. The van der Waals surface area contributed by atoms with Gasteiger partial charge in [-0.3, -0.25) is 9.59 Å². The van der Waals surface area contributed by atoms with E-state index in [9.17, 15) is 9.59 Å². The Morgan fingerprint density at radius 2 is 1.87 bits per heavy atom. The number of aryl methyl sites for hydroxylation is 1. The van der Waals surface area contributed by atoms with Gasteiger partial charge in [-0.25, -0.2) is 4.98 Å². The third-order valence-corrected chi connectivity index (χ3v) is 5.38. The van der Waals surface area contributed by atoms with Crippen molar-refractivity contribution in [2.75, 3.05) is 18.4 Å². The minimum absolute atomic E-state index is 0. The van der Waals surface area contributed by atoms with E-state index in [-0.39, 0.29) is 54.5 Å². The fraction of sp³-hybridized carbons (Fsp3) is 0.409. The molecular weight excluding hydrogens is 423 g/mol. The van der Waals surface area contributed by atoms with E-state index in [4.69, 9.17) is 5.73 Å². The van der Waals surface area contributed by atoms with Gasteiger partial charge in [0.05, 0.1) is 11.8 Å². The van der Waals surface area contributed by atoms with E-state index >= 15 is 0 Å². The van der Waals surface area contributed by atoms with Gasteiger partial charge >= 0.3 is 0 Å². The number of nitrogens with zero attached hydrogens (tertiary/aromatic N) is 2. The fourth-order valence-corrected chi connectivity index (χ4v) is 3.57. The second-order valence-corrected chi connectivity index (χ2v) is 7.56. The summed E-state index contributed by atoms with van der Waals surface area (Å²) in [6, 6.07) is 13.0. The maximum absolute atomic E-state index is 13.0. The molecule has 0 radical (unpaired) electrons. The SMILES string of the molecule is Cc1ccc(NC(=O)C2CCCN(C(=O)C(C)C(N)c3ccccc3)C2)nc1.Cl.Cl. The smallest absolute Gasteiger partial charge is 0.230 e. The monoisotopic (exact) mass is 452 g/mol. The standard InChI is InChI=1S/C22H28N4O2.2ClH/c1-15-10-11-19(24-13-15)25-21(27)18-9-6-12-26(14-18)22(28)16(2)20(23)17-7-4-3-5-8-17;;/h3-5,7-8,10-11,13,16,18,20H,6,9,12,14,23H2,1-2H3,(H,24,25,27);2*1H. The number of pyridine rings is 1. The van der Waals surface area contributed by atoms with E-state index in [1.165, 1.54) is 0 Å². The number of benzene rings is 1. The lowest BCUT2D eigenvalue weighted by molar-refractivity contribution is -0.138. The summed E-state index contributed by atoms with van der Waals surface area (Å²) in [4.78, 5) is 31.6. The molecule has 6 nitrogen and oxygen atoms in total. The minimum Gasteiger partial charge on any atom is -0.342 e. The minimum atomic E-state index is -0.361. The van der Waals surface area contributed by atoms with Crippen LogP contribution in [0.1, 0.15) is 36.9 Å². The second kappa shape index (κ2) is 11.9. The van der Waals surface area contributed by atoms with Crippen LogP contribution in [0.25, 0.3) is 0 Å². The van der Waals surface area contributed by atoms with Gasteiger partial charge in [-0.2, -0.15) is 0 Å². The number of piperidine rings is 1. The Morgan fingerprint density at radius 3 is 2.50 bits per heavy atom. The van der Waals surface area contributed by atoms with Crippen LogP contribution in [0.3, 0.4) is 0 Å². The average Bonchev–Trinajstić information content (AvgIpc) is 2.74. The molecule has 1 aromatic carbocycles. The van der Waals surface area contributed by atoms with Crippen LogP contribution in [0.4, 0.5) is 5.82 Å².